The van der Waals surface area contributed by atoms with Gasteiger partial charge < -0.3 is 13.6 Å². The molecule has 0 saturated heterocycles. The van der Waals surface area contributed by atoms with Crippen molar-refractivity contribution in [3.8, 4) is 11.3 Å². The van der Waals surface area contributed by atoms with Gasteiger partial charge in [0.05, 0.1) is 22.4 Å². The molecule has 1 aliphatic heterocycles. The number of carbonyl (C=O) groups is 1. The van der Waals surface area contributed by atoms with Crippen LogP contribution in [0.3, 0.4) is 0 Å². The molecule has 0 aliphatic carbocycles. The van der Waals surface area contributed by atoms with E-state index in [4.69, 9.17) is 13.6 Å². The van der Waals surface area contributed by atoms with E-state index < -0.39 is 12.0 Å². The maximum atomic E-state index is 13.6. The van der Waals surface area contributed by atoms with Crippen LogP contribution in [0.25, 0.3) is 17.4 Å². The van der Waals surface area contributed by atoms with Crippen LogP contribution in [0.4, 0.5) is 0 Å². The first kappa shape index (κ1) is 23.3. The number of aromatic nitrogens is 1. The minimum Gasteiger partial charge on any atom is -0.464 e. The van der Waals surface area contributed by atoms with Crippen molar-refractivity contribution < 1.29 is 18.4 Å². The number of ether oxygens (including phenoxy) is 1. The molecule has 35 heavy (non-hydrogen) atoms. The topological polar surface area (TPSA) is 86.9 Å². The van der Waals surface area contributed by atoms with E-state index in [1.54, 1.807) is 32.1 Å². The molecule has 3 aromatic heterocycles. The fourth-order valence-electron chi connectivity index (χ4n) is 4.02. The molecule has 0 fully saturated rings. The molecule has 9 heteroatoms. The van der Waals surface area contributed by atoms with Gasteiger partial charge >= 0.3 is 5.97 Å². The van der Waals surface area contributed by atoms with Crippen molar-refractivity contribution in [1.29, 1.82) is 0 Å². The fourth-order valence-corrected chi connectivity index (χ4v) is 5.44. The number of benzene rings is 1. The van der Waals surface area contributed by atoms with Gasteiger partial charge in [-0.25, -0.2) is 9.79 Å². The molecule has 178 valence electrons. The second-order valence-electron chi connectivity index (χ2n) is 7.96. The molecule has 0 unspecified atom stereocenters. The SMILES string of the molecule is CCOC(=O)C1=C(C)N=c2s/c(=C\c3ccc(-c4cccc(Br)c4)o3)c(=O)n2[C@@H]1c1ccc(C)o1. The van der Waals surface area contributed by atoms with Crippen LogP contribution in [0.15, 0.2) is 82.9 Å². The summed E-state index contributed by atoms with van der Waals surface area (Å²) in [6, 6.07) is 14.3. The van der Waals surface area contributed by atoms with E-state index in [0.717, 1.165) is 10.0 Å². The van der Waals surface area contributed by atoms with E-state index >= 15 is 0 Å². The number of hydrogen-bond donors (Lipinski definition) is 0. The van der Waals surface area contributed by atoms with Crippen LogP contribution in [-0.4, -0.2) is 17.1 Å². The third kappa shape index (κ3) is 4.37. The first-order chi connectivity index (χ1) is 16.9. The number of nitrogens with zero attached hydrogens (tertiary/aromatic N) is 2. The highest BCUT2D eigenvalue weighted by atomic mass is 79.9. The van der Waals surface area contributed by atoms with Crippen LogP contribution in [0.2, 0.25) is 0 Å². The summed E-state index contributed by atoms with van der Waals surface area (Å²) >= 11 is 4.70. The number of allylic oxidation sites excluding steroid dienone is 1. The Labute approximate surface area is 212 Å². The molecule has 1 aromatic carbocycles. The molecule has 0 spiro atoms. The smallest absolute Gasteiger partial charge is 0.338 e. The number of thiazole rings is 1. The summed E-state index contributed by atoms with van der Waals surface area (Å²) in [6.45, 7) is 5.50. The summed E-state index contributed by atoms with van der Waals surface area (Å²) in [5.74, 6) is 1.86. The van der Waals surface area contributed by atoms with Gasteiger partial charge in [-0.05, 0) is 57.2 Å². The Hall–Kier alpha value is -3.43. The number of halogens is 1. The Kier molecular flexibility index (Phi) is 6.21. The van der Waals surface area contributed by atoms with E-state index in [2.05, 4.69) is 20.9 Å². The molecule has 1 atom stereocenters. The summed E-state index contributed by atoms with van der Waals surface area (Å²) in [5.41, 5.74) is 1.41. The lowest BCUT2D eigenvalue weighted by molar-refractivity contribution is -0.139. The molecular weight excluding hydrogens is 532 g/mol. The highest BCUT2D eigenvalue weighted by molar-refractivity contribution is 9.10. The summed E-state index contributed by atoms with van der Waals surface area (Å²) in [5, 5.41) is 0. The largest absolute Gasteiger partial charge is 0.464 e. The molecule has 1 aliphatic rings. The first-order valence-electron chi connectivity index (χ1n) is 11.0. The van der Waals surface area contributed by atoms with Gasteiger partial charge in [0.15, 0.2) is 4.80 Å². The number of esters is 1. The van der Waals surface area contributed by atoms with E-state index in [9.17, 15) is 9.59 Å². The average molecular weight is 553 g/mol. The third-order valence-corrected chi connectivity index (χ3v) is 7.03. The van der Waals surface area contributed by atoms with Crippen LogP contribution in [-0.2, 0) is 9.53 Å². The van der Waals surface area contributed by atoms with Gasteiger partial charge in [-0.15, -0.1) is 0 Å². The van der Waals surface area contributed by atoms with Gasteiger partial charge in [-0.3, -0.25) is 9.36 Å². The van der Waals surface area contributed by atoms with Crippen molar-refractivity contribution >= 4 is 39.3 Å². The highest BCUT2D eigenvalue weighted by Gasteiger charge is 2.35. The van der Waals surface area contributed by atoms with Crippen molar-refractivity contribution in [2.45, 2.75) is 26.8 Å². The molecule has 0 amide bonds. The van der Waals surface area contributed by atoms with Gasteiger partial charge in [0.25, 0.3) is 5.56 Å². The average Bonchev–Trinajstić information content (AvgIpc) is 3.53. The Bertz CT molecular complexity index is 1650. The Morgan fingerprint density at radius 2 is 2.03 bits per heavy atom. The summed E-state index contributed by atoms with van der Waals surface area (Å²) in [4.78, 5) is 31.5. The van der Waals surface area contributed by atoms with Crippen molar-refractivity contribution in [1.82, 2.24) is 4.57 Å². The third-order valence-electron chi connectivity index (χ3n) is 5.56. The van der Waals surface area contributed by atoms with E-state index in [1.807, 2.05) is 43.3 Å². The zero-order chi connectivity index (χ0) is 24.7. The Morgan fingerprint density at radius 1 is 1.20 bits per heavy atom. The lowest BCUT2D eigenvalue weighted by atomic mass is 10.0. The molecule has 0 radical (unpaired) electrons. The number of fused-ring (bicyclic) bond motifs is 1. The summed E-state index contributed by atoms with van der Waals surface area (Å²) in [6.07, 6.45) is 1.69. The van der Waals surface area contributed by atoms with Crippen molar-refractivity contribution in [2.75, 3.05) is 6.61 Å². The van der Waals surface area contributed by atoms with Crippen molar-refractivity contribution in [3.05, 3.63) is 101 Å². The zero-order valence-corrected chi connectivity index (χ0v) is 21.6. The number of rotatable bonds is 5. The maximum Gasteiger partial charge on any atom is 0.338 e. The minimum absolute atomic E-state index is 0.211. The van der Waals surface area contributed by atoms with Crippen LogP contribution < -0.4 is 14.9 Å². The molecule has 7 nitrogen and oxygen atoms in total. The second kappa shape index (κ2) is 9.31. The molecule has 4 heterocycles. The minimum atomic E-state index is -0.769. The zero-order valence-electron chi connectivity index (χ0n) is 19.2. The Balaban J connectivity index is 1.63. The summed E-state index contributed by atoms with van der Waals surface area (Å²) < 4.78 is 20.0. The molecule has 4 aromatic rings. The molecule has 5 rings (SSSR count). The summed E-state index contributed by atoms with van der Waals surface area (Å²) in [7, 11) is 0. The lowest BCUT2D eigenvalue weighted by Gasteiger charge is -2.22. The van der Waals surface area contributed by atoms with E-state index in [1.165, 1.54) is 15.9 Å². The monoisotopic (exact) mass is 552 g/mol. The molecule has 0 bridgehead atoms. The number of carbonyl (C=O) groups excluding carboxylic acids is 1. The van der Waals surface area contributed by atoms with Gasteiger partial charge in [0.2, 0.25) is 0 Å². The molecular formula is C26H21BrN2O5S. The number of aryl methyl sites for hydroxylation is 1. The first-order valence-corrected chi connectivity index (χ1v) is 12.6. The lowest BCUT2D eigenvalue weighted by Crippen LogP contribution is -2.39. The van der Waals surface area contributed by atoms with Crippen LogP contribution in [0.1, 0.15) is 37.2 Å². The van der Waals surface area contributed by atoms with Gasteiger partial charge in [-0.1, -0.05) is 39.4 Å². The second-order valence-corrected chi connectivity index (χ2v) is 9.89. The number of furan rings is 2. The van der Waals surface area contributed by atoms with E-state index in [0.29, 0.717) is 38.1 Å². The van der Waals surface area contributed by atoms with Crippen LogP contribution in [0, 0.1) is 6.92 Å². The van der Waals surface area contributed by atoms with Gasteiger partial charge in [0, 0.05) is 16.1 Å². The fraction of sp³-hybridized carbons (Fsp3) is 0.192. The predicted octanol–water partition coefficient (Wildman–Crippen LogP) is 4.72. The highest BCUT2D eigenvalue weighted by Crippen LogP contribution is 2.32. The van der Waals surface area contributed by atoms with Crippen LogP contribution in [0.5, 0.6) is 0 Å². The maximum absolute atomic E-state index is 13.6. The van der Waals surface area contributed by atoms with E-state index in [-0.39, 0.29) is 17.7 Å². The van der Waals surface area contributed by atoms with Crippen molar-refractivity contribution in [3.63, 3.8) is 0 Å². The quantitative estimate of drug-likeness (QED) is 0.334. The standard InChI is InChI=1S/C26H21BrN2O5S/c1-4-32-25(31)22-15(3)28-26-29(23(22)20-10-8-14(2)33-20)24(30)21(35-26)13-18-9-11-19(34-18)16-6-5-7-17(27)12-16/h5-13,23H,4H2,1-3H3/b21-13-/t23-/m1/s1. The van der Waals surface area contributed by atoms with Gasteiger partial charge in [0.1, 0.15) is 29.1 Å². The number of hydrogen-bond acceptors (Lipinski definition) is 7. The normalized spacial score (nSPS) is 15.8. The van der Waals surface area contributed by atoms with Crippen LogP contribution >= 0.6 is 27.3 Å². The molecule has 0 N–H and O–H groups in total. The van der Waals surface area contributed by atoms with Gasteiger partial charge in [-0.2, -0.15) is 0 Å². The molecule has 0 saturated carbocycles. The van der Waals surface area contributed by atoms with Crippen molar-refractivity contribution in [2.24, 2.45) is 4.99 Å². The Morgan fingerprint density at radius 3 is 2.74 bits per heavy atom. The predicted molar refractivity (Wildman–Crippen MR) is 136 cm³/mol.